The summed E-state index contributed by atoms with van der Waals surface area (Å²) in [7, 11) is 0. The first-order chi connectivity index (χ1) is 41.0. The Morgan fingerprint density at radius 3 is 0.881 bits per heavy atom. The summed E-state index contributed by atoms with van der Waals surface area (Å²) in [5, 5.41) is 16.6. The van der Waals surface area contributed by atoms with E-state index in [-0.39, 0.29) is 50.1 Å². The molecule has 0 saturated carbocycles. The van der Waals surface area contributed by atoms with Crippen LogP contribution < -0.4 is 0 Å². The van der Waals surface area contributed by atoms with Crippen LogP contribution in [0.1, 0.15) is 200 Å². The molecule has 0 spiro atoms. The van der Waals surface area contributed by atoms with Crippen LogP contribution in [0.4, 0.5) is 0 Å². The SMILES string of the molecule is CCCCC(CC)COC(=O)c1cc2c3ccc4ccccc4c3c3cc(C(=O)OCC(CC)CCCC)c4c(C(=O)OCC(CC)CCCC)cc5c6ccc7ccccc7c6c6cc(C(=O)OCC(CC)CCCC)c1c1c2c3c4c5c61. The molecule has 11 rings (SSSR count). The van der Waals surface area contributed by atoms with Gasteiger partial charge in [-0.05, 0) is 160 Å². The third-order valence-corrected chi connectivity index (χ3v) is 19.1. The molecule has 4 unspecified atom stereocenters. The van der Waals surface area contributed by atoms with Gasteiger partial charge in [0.1, 0.15) is 0 Å². The highest BCUT2D eigenvalue weighted by atomic mass is 16.5. The van der Waals surface area contributed by atoms with E-state index in [0.717, 1.165) is 200 Å². The van der Waals surface area contributed by atoms with Crippen LogP contribution in [-0.4, -0.2) is 50.3 Å². The third-order valence-electron chi connectivity index (χ3n) is 19.1. The van der Waals surface area contributed by atoms with Gasteiger partial charge in [0.05, 0.1) is 48.7 Å². The summed E-state index contributed by atoms with van der Waals surface area (Å²) in [4.78, 5) is 62.5. The van der Waals surface area contributed by atoms with Gasteiger partial charge in [0.25, 0.3) is 0 Å². The molecule has 0 aromatic heterocycles. The maximum Gasteiger partial charge on any atom is 0.338 e. The predicted octanol–water partition coefficient (Wildman–Crippen LogP) is 21.0. The van der Waals surface area contributed by atoms with Crippen molar-refractivity contribution >= 4 is 132 Å². The molecule has 0 saturated heterocycles. The smallest absolute Gasteiger partial charge is 0.338 e. The average molecular weight is 1130 g/mol. The van der Waals surface area contributed by atoms with Crippen molar-refractivity contribution < 1.29 is 38.1 Å². The molecule has 0 heterocycles. The van der Waals surface area contributed by atoms with Gasteiger partial charge in [-0.15, -0.1) is 0 Å². The van der Waals surface area contributed by atoms with Crippen molar-refractivity contribution in [3.63, 3.8) is 0 Å². The summed E-state index contributed by atoms with van der Waals surface area (Å²) < 4.78 is 26.1. The fourth-order valence-corrected chi connectivity index (χ4v) is 14.0. The molecule has 0 bridgehead atoms. The zero-order valence-electron chi connectivity index (χ0n) is 51.0. The van der Waals surface area contributed by atoms with Crippen LogP contribution in [0.3, 0.4) is 0 Å². The second-order valence-electron chi connectivity index (χ2n) is 24.4. The number of esters is 4. The lowest BCUT2D eigenvalue weighted by molar-refractivity contribution is 0.0414. The highest BCUT2D eigenvalue weighted by Crippen LogP contribution is 2.56. The molecule has 0 aliphatic rings. The van der Waals surface area contributed by atoms with E-state index in [1.54, 1.807) is 0 Å². The molecule has 11 aromatic rings. The Morgan fingerprint density at radius 1 is 0.298 bits per heavy atom. The van der Waals surface area contributed by atoms with Crippen molar-refractivity contribution in [1.82, 2.24) is 0 Å². The first-order valence-corrected chi connectivity index (χ1v) is 32.1. The summed E-state index contributed by atoms with van der Waals surface area (Å²) >= 11 is 0. The Labute approximate surface area is 494 Å². The van der Waals surface area contributed by atoms with E-state index in [1.165, 1.54) is 0 Å². The lowest BCUT2D eigenvalue weighted by Crippen LogP contribution is -2.18. The minimum atomic E-state index is -0.494. The van der Waals surface area contributed by atoms with Crippen LogP contribution in [-0.2, 0) is 18.9 Å². The first-order valence-electron chi connectivity index (χ1n) is 32.1. The largest absolute Gasteiger partial charge is 0.462 e. The van der Waals surface area contributed by atoms with Crippen molar-refractivity contribution in [3.05, 3.63) is 119 Å². The van der Waals surface area contributed by atoms with Crippen LogP contribution in [0.5, 0.6) is 0 Å². The normalized spacial score (nSPS) is 13.7. The molecule has 0 fully saturated rings. The lowest BCUT2D eigenvalue weighted by atomic mass is 9.75. The molecule has 0 amide bonds. The van der Waals surface area contributed by atoms with E-state index in [9.17, 15) is 0 Å². The fraction of sp³-hybridized carbons (Fsp3) is 0.421. The Hall–Kier alpha value is -7.32. The second kappa shape index (κ2) is 25.5. The van der Waals surface area contributed by atoms with Crippen LogP contribution >= 0.6 is 0 Å². The van der Waals surface area contributed by atoms with Gasteiger partial charge in [-0.1, -0.05) is 205 Å². The van der Waals surface area contributed by atoms with E-state index in [1.807, 2.05) is 48.5 Å². The van der Waals surface area contributed by atoms with Gasteiger partial charge in [0, 0.05) is 21.5 Å². The molecule has 0 radical (unpaired) electrons. The second-order valence-corrected chi connectivity index (χ2v) is 24.4. The van der Waals surface area contributed by atoms with Crippen LogP contribution in [0, 0.1) is 23.7 Å². The quantitative estimate of drug-likeness (QED) is 0.0207. The Morgan fingerprint density at radius 2 is 0.583 bits per heavy atom. The maximum absolute atomic E-state index is 15.6. The van der Waals surface area contributed by atoms with Crippen molar-refractivity contribution in [2.45, 2.75) is 158 Å². The third kappa shape index (κ3) is 10.5. The van der Waals surface area contributed by atoms with Crippen molar-refractivity contribution in [2.75, 3.05) is 26.4 Å². The number of benzene rings is 11. The fourth-order valence-electron chi connectivity index (χ4n) is 14.0. The van der Waals surface area contributed by atoms with Gasteiger partial charge in [0.15, 0.2) is 0 Å². The highest BCUT2D eigenvalue weighted by Gasteiger charge is 2.35. The van der Waals surface area contributed by atoms with Crippen LogP contribution in [0.2, 0.25) is 0 Å². The maximum atomic E-state index is 15.6. The molecule has 8 heteroatoms. The van der Waals surface area contributed by atoms with Gasteiger partial charge in [-0.3, -0.25) is 0 Å². The zero-order chi connectivity index (χ0) is 58.8. The molecule has 436 valence electrons. The molecular weight excluding hydrogens is 1040 g/mol. The molecule has 84 heavy (non-hydrogen) atoms. The lowest BCUT2D eigenvalue weighted by Gasteiger charge is -2.28. The highest BCUT2D eigenvalue weighted by molar-refractivity contribution is 6.54. The number of fused-ring (bicyclic) bond motifs is 10. The zero-order valence-corrected chi connectivity index (χ0v) is 51.0. The van der Waals surface area contributed by atoms with E-state index in [2.05, 4.69) is 104 Å². The van der Waals surface area contributed by atoms with Gasteiger partial charge in [0.2, 0.25) is 0 Å². The van der Waals surface area contributed by atoms with E-state index >= 15 is 19.2 Å². The summed E-state index contributed by atoms with van der Waals surface area (Å²) in [5.74, 6) is -1.29. The van der Waals surface area contributed by atoms with Crippen molar-refractivity contribution in [2.24, 2.45) is 23.7 Å². The number of carbonyl (C=O) groups excluding carboxylic acids is 4. The number of rotatable bonds is 28. The number of carbonyl (C=O) groups is 4. The Balaban J connectivity index is 1.35. The van der Waals surface area contributed by atoms with E-state index in [0.29, 0.717) is 33.0 Å². The van der Waals surface area contributed by atoms with Crippen LogP contribution in [0.15, 0.2) is 97.1 Å². The molecule has 8 nitrogen and oxygen atoms in total. The minimum Gasteiger partial charge on any atom is -0.462 e. The molecular formula is C76H84O8. The summed E-state index contributed by atoms with van der Waals surface area (Å²) in [6.45, 7) is 18.3. The Kier molecular flexibility index (Phi) is 17.7. The first kappa shape index (κ1) is 58.5. The molecule has 0 N–H and O–H groups in total. The summed E-state index contributed by atoms with van der Waals surface area (Å²) in [5.41, 5.74) is 1.21. The van der Waals surface area contributed by atoms with E-state index in [4.69, 9.17) is 18.9 Å². The predicted molar refractivity (Wildman–Crippen MR) is 349 cm³/mol. The number of hydrogen-bond acceptors (Lipinski definition) is 8. The standard InChI is InChI=1S/C76H84O8/c1-9-17-25-45(13-5)41-81-73(77)59-37-55-53-35-33-49-29-21-23-31-51(49)63(53)58-40-62(76(80)84-44-48(16-8)28-20-12-4)66-60(74(78)82-42-46(14-6)26-18-10-2)38-56-54-36-34-50-30-22-24-32-52(50)64(54)57-39-61(75(79)83-43-47(15-7)27-19-11-3)65(59)71-67(55)70(58)72(66)68(56)69(57)71/h21-24,29-40,45-48H,9-20,25-28,41-44H2,1-8H3. The van der Waals surface area contributed by atoms with E-state index < -0.39 is 23.9 Å². The van der Waals surface area contributed by atoms with Crippen molar-refractivity contribution in [3.8, 4) is 0 Å². The minimum absolute atomic E-state index is 0.170. The van der Waals surface area contributed by atoms with Gasteiger partial charge in [-0.25, -0.2) is 19.2 Å². The molecule has 4 atom stereocenters. The van der Waals surface area contributed by atoms with Gasteiger partial charge >= 0.3 is 23.9 Å². The molecule has 0 aliphatic carbocycles. The monoisotopic (exact) mass is 1120 g/mol. The summed E-state index contributed by atoms with van der Waals surface area (Å²) in [6, 6.07) is 33.1. The Bertz CT molecular complexity index is 3940. The topological polar surface area (TPSA) is 105 Å². The number of ether oxygens (including phenoxy) is 4. The summed E-state index contributed by atoms with van der Waals surface area (Å²) in [6.07, 6.45) is 15.5. The number of unbranched alkanes of at least 4 members (excludes halogenated alkanes) is 4. The van der Waals surface area contributed by atoms with Gasteiger partial charge < -0.3 is 18.9 Å². The van der Waals surface area contributed by atoms with Crippen LogP contribution in [0.25, 0.3) is 108 Å². The average Bonchev–Trinajstić information content (AvgIpc) is 0.685. The number of hydrogen-bond donors (Lipinski definition) is 0. The van der Waals surface area contributed by atoms with Gasteiger partial charge in [-0.2, -0.15) is 0 Å². The van der Waals surface area contributed by atoms with Crippen molar-refractivity contribution in [1.29, 1.82) is 0 Å². The molecule has 0 aliphatic heterocycles. The molecule has 11 aromatic carbocycles.